The van der Waals surface area contributed by atoms with E-state index in [0.717, 1.165) is 50.1 Å². The quantitative estimate of drug-likeness (QED) is 0.834. The maximum absolute atomic E-state index is 10.2. The van der Waals surface area contributed by atoms with Crippen molar-refractivity contribution < 1.29 is 14.6 Å². The van der Waals surface area contributed by atoms with Crippen molar-refractivity contribution in [3.63, 3.8) is 0 Å². The Morgan fingerprint density at radius 3 is 2.89 bits per heavy atom. The van der Waals surface area contributed by atoms with E-state index < -0.39 is 0 Å². The SMILES string of the molecule is COc1ccc(CN2CC[C@]3(OC)CC[C@@H](O)C[C@H]23)cc1Cn1cncn1. The first kappa shape index (κ1) is 18.4. The van der Waals surface area contributed by atoms with E-state index in [-0.39, 0.29) is 17.7 Å². The molecule has 0 radical (unpaired) electrons. The van der Waals surface area contributed by atoms with Gasteiger partial charge >= 0.3 is 0 Å². The molecule has 1 saturated carbocycles. The Morgan fingerprint density at radius 1 is 1.26 bits per heavy atom. The smallest absolute Gasteiger partial charge is 0.137 e. The zero-order chi connectivity index (χ0) is 18.9. The predicted octanol–water partition coefficient (Wildman–Crippen LogP) is 1.84. The summed E-state index contributed by atoms with van der Waals surface area (Å²) in [4.78, 5) is 6.48. The molecule has 27 heavy (non-hydrogen) atoms. The van der Waals surface area contributed by atoms with Crippen LogP contribution >= 0.6 is 0 Å². The van der Waals surface area contributed by atoms with Gasteiger partial charge in [-0.1, -0.05) is 6.07 Å². The van der Waals surface area contributed by atoms with Gasteiger partial charge in [-0.05, 0) is 43.4 Å². The maximum atomic E-state index is 10.2. The highest BCUT2D eigenvalue weighted by Gasteiger charge is 2.50. The molecule has 0 amide bonds. The van der Waals surface area contributed by atoms with Gasteiger partial charge in [0.25, 0.3) is 0 Å². The molecule has 2 fully saturated rings. The highest BCUT2D eigenvalue weighted by atomic mass is 16.5. The van der Waals surface area contributed by atoms with E-state index in [1.807, 2.05) is 13.2 Å². The molecule has 3 atom stereocenters. The number of hydrogen-bond acceptors (Lipinski definition) is 6. The Morgan fingerprint density at radius 2 is 2.15 bits per heavy atom. The summed E-state index contributed by atoms with van der Waals surface area (Å²) in [5.74, 6) is 0.856. The number of nitrogens with zero attached hydrogens (tertiary/aromatic N) is 4. The van der Waals surface area contributed by atoms with Crippen molar-refractivity contribution in [2.45, 2.75) is 56.5 Å². The zero-order valence-corrected chi connectivity index (χ0v) is 16.0. The Bertz CT molecular complexity index is 767. The fraction of sp³-hybridized carbons (Fsp3) is 0.600. The molecule has 1 aliphatic heterocycles. The van der Waals surface area contributed by atoms with Crippen LogP contribution in [0.3, 0.4) is 0 Å². The van der Waals surface area contributed by atoms with Crippen molar-refractivity contribution in [2.75, 3.05) is 20.8 Å². The molecule has 1 N–H and O–H groups in total. The third-order valence-corrected chi connectivity index (χ3v) is 6.20. The molecule has 7 nitrogen and oxygen atoms in total. The van der Waals surface area contributed by atoms with Crippen molar-refractivity contribution in [2.24, 2.45) is 0 Å². The topological polar surface area (TPSA) is 72.6 Å². The van der Waals surface area contributed by atoms with Crippen molar-refractivity contribution >= 4 is 0 Å². The van der Waals surface area contributed by atoms with Crippen LogP contribution in [0.25, 0.3) is 0 Å². The third kappa shape index (κ3) is 3.59. The van der Waals surface area contributed by atoms with Crippen molar-refractivity contribution in [3.8, 4) is 5.75 Å². The van der Waals surface area contributed by atoms with Crippen LogP contribution < -0.4 is 4.74 Å². The van der Waals surface area contributed by atoms with E-state index in [2.05, 4.69) is 27.1 Å². The van der Waals surface area contributed by atoms with Gasteiger partial charge < -0.3 is 14.6 Å². The number of fused-ring (bicyclic) bond motifs is 1. The molecule has 0 bridgehead atoms. The molecular formula is C20H28N4O3. The number of rotatable bonds is 6. The lowest BCUT2D eigenvalue weighted by Gasteiger charge is -2.42. The number of benzene rings is 1. The Hall–Kier alpha value is -1.96. The minimum atomic E-state index is -0.224. The van der Waals surface area contributed by atoms with Crippen LogP contribution in [0.5, 0.6) is 5.75 Å². The lowest BCUT2D eigenvalue weighted by Crippen LogP contribution is -2.51. The molecule has 1 aromatic carbocycles. The summed E-state index contributed by atoms with van der Waals surface area (Å²) in [6.45, 7) is 2.47. The second-order valence-electron chi connectivity index (χ2n) is 7.67. The molecular weight excluding hydrogens is 344 g/mol. The molecule has 2 aromatic rings. The summed E-state index contributed by atoms with van der Waals surface area (Å²) < 4.78 is 13.3. The average Bonchev–Trinajstić information content (AvgIpc) is 3.31. The van der Waals surface area contributed by atoms with Crippen molar-refractivity contribution in [3.05, 3.63) is 42.0 Å². The number of aliphatic hydroxyl groups is 1. The highest BCUT2D eigenvalue weighted by molar-refractivity contribution is 5.37. The first-order valence-corrected chi connectivity index (χ1v) is 9.59. The summed E-state index contributed by atoms with van der Waals surface area (Å²) >= 11 is 0. The van der Waals surface area contributed by atoms with E-state index in [0.29, 0.717) is 6.54 Å². The number of methoxy groups -OCH3 is 2. The molecule has 146 valence electrons. The number of ether oxygens (including phenoxy) is 2. The summed E-state index contributed by atoms with van der Waals surface area (Å²) in [6, 6.07) is 6.60. The Balaban J connectivity index is 1.54. The van der Waals surface area contributed by atoms with E-state index in [1.54, 1.807) is 24.4 Å². The average molecular weight is 372 g/mol. The predicted molar refractivity (Wildman–Crippen MR) is 101 cm³/mol. The van der Waals surface area contributed by atoms with Gasteiger partial charge in [-0.15, -0.1) is 0 Å². The first-order valence-electron chi connectivity index (χ1n) is 9.59. The van der Waals surface area contributed by atoms with Gasteiger partial charge in [-0.25, -0.2) is 9.67 Å². The van der Waals surface area contributed by atoms with Crippen LogP contribution in [0, 0.1) is 0 Å². The van der Waals surface area contributed by atoms with Gasteiger partial charge in [-0.3, -0.25) is 4.90 Å². The number of aliphatic hydroxyl groups excluding tert-OH is 1. The van der Waals surface area contributed by atoms with E-state index >= 15 is 0 Å². The molecule has 1 aromatic heterocycles. The standard InChI is InChI=1S/C20H28N4O3/c1-26-18-4-3-15(9-16(18)12-24-14-21-13-22-24)11-23-8-7-20(27-2)6-5-17(25)10-19(20)23/h3-4,9,13-14,17,19,25H,5-8,10-12H2,1-2H3/t17-,19+,20-/m1/s1. The van der Waals surface area contributed by atoms with Crippen LogP contribution in [0.1, 0.15) is 36.8 Å². The summed E-state index contributed by atoms with van der Waals surface area (Å²) in [5.41, 5.74) is 2.22. The van der Waals surface area contributed by atoms with Crippen molar-refractivity contribution in [1.82, 2.24) is 19.7 Å². The largest absolute Gasteiger partial charge is 0.496 e. The Kier molecular flexibility index (Phi) is 5.16. The molecule has 0 spiro atoms. The minimum Gasteiger partial charge on any atom is -0.496 e. The number of hydrogen-bond donors (Lipinski definition) is 1. The zero-order valence-electron chi connectivity index (χ0n) is 16.0. The fourth-order valence-corrected chi connectivity index (χ4v) is 4.74. The lowest BCUT2D eigenvalue weighted by atomic mass is 9.79. The van der Waals surface area contributed by atoms with Crippen LogP contribution in [-0.4, -0.2) is 63.3 Å². The maximum Gasteiger partial charge on any atom is 0.137 e. The van der Waals surface area contributed by atoms with Crippen molar-refractivity contribution in [1.29, 1.82) is 0 Å². The molecule has 7 heteroatoms. The Labute approximate surface area is 159 Å². The first-order chi connectivity index (χ1) is 13.1. The van der Waals surface area contributed by atoms with E-state index in [4.69, 9.17) is 9.47 Å². The molecule has 0 unspecified atom stereocenters. The number of likely N-dealkylation sites (tertiary alicyclic amines) is 1. The molecule has 1 aliphatic carbocycles. The normalized spacial score (nSPS) is 28.3. The second kappa shape index (κ2) is 7.58. The molecule has 2 heterocycles. The number of aromatic nitrogens is 3. The van der Waals surface area contributed by atoms with Gasteiger partial charge in [0.05, 0.1) is 25.4 Å². The summed E-state index contributed by atoms with van der Waals surface area (Å²) in [6.07, 6.45) is 6.62. The van der Waals surface area contributed by atoms with Gasteiger partial charge in [0.1, 0.15) is 18.4 Å². The second-order valence-corrected chi connectivity index (χ2v) is 7.67. The fourth-order valence-electron chi connectivity index (χ4n) is 4.74. The monoisotopic (exact) mass is 372 g/mol. The van der Waals surface area contributed by atoms with E-state index in [9.17, 15) is 5.11 Å². The van der Waals surface area contributed by atoms with Crippen LogP contribution in [0.2, 0.25) is 0 Å². The van der Waals surface area contributed by atoms with Gasteiger partial charge in [-0.2, -0.15) is 5.10 Å². The van der Waals surface area contributed by atoms with Crippen LogP contribution in [0.15, 0.2) is 30.9 Å². The third-order valence-electron chi connectivity index (χ3n) is 6.20. The minimum absolute atomic E-state index is 0.102. The van der Waals surface area contributed by atoms with Crippen LogP contribution in [0.4, 0.5) is 0 Å². The van der Waals surface area contributed by atoms with Gasteiger partial charge in [0, 0.05) is 31.8 Å². The summed E-state index contributed by atoms with van der Waals surface area (Å²) in [5, 5.41) is 14.4. The van der Waals surface area contributed by atoms with Crippen LogP contribution in [-0.2, 0) is 17.8 Å². The van der Waals surface area contributed by atoms with Gasteiger partial charge in [0.15, 0.2) is 0 Å². The highest BCUT2D eigenvalue weighted by Crippen LogP contribution is 2.43. The lowest BCUT2D eigenvalue weighted by molar-refractivity contribution is -0.0879. The molecule has 4 rings (SSSR count). The molecule has 1 saturated heterocycles. The molecule has 2 aliphatic rings. The summed E-state index contributed by atoms with van der Waals surface area (Å²) in [7, 11) is 3.51. The van der Waals surface area contributed by atoms with Gasteiger partial charge in [0.2, 0.25) is 0 Å². The van der Waals surface area contributed by atoms with E-state index in [1.165, 1.54) is 5.56 Å².